The summed E-state index contributed by atoms with van der Waals surface area (Å²) in [5.74, 6) is 0.234. The summed E-state index contributed by atoms with van der Waals surface area (Å²) >= 11 is 0. The first-order chi connectivity index (χ1) is 4.98. The summed E-state index contributed by atoms with van der Waals surface area (Å²) in [5, 5.41) is 0. The third-order valence-electron chi connectivity index (χ3n) is 1.87. The first-order valence-corrected chi connectivity index (χ1v) is 4.26. The van der Waals surface area contributed by atoms with Crippen molar-refractivity contribution in [2.75, 3.05) is 0 Å². The number of hydrogen-bond acceptors (Lipinski definition) is 2. The minimum atomic E-state index is -0.138. The Labute approximate surface area is 69.2 Å². The summed E-state index contributed by atoms with van der Waals surface area (Å²) in [4.78, 5) is 10.6. The molecule has 0 fully saturated rings. The summed E-state index contributed by atoms with van der Waals surface area (Å²) in [6.07, 6.45) is 3.52. The molecule has 0 aliphatic rings. The van der Waals surface area contributed by atoms with E-state index in [1.807, 2.05) is 6.92 Å². The van der Waals surface area contributed by atoms with Gasteiger partial charge in [-0.15, -0.1) is 0 Å². The molecule has 2 N–H and O–H groups in total. The van der Waals surface area contributed by atoms with Crippen molar-refractivity contribution < 1.29 is 4.79 Å². The van der Waals surface area contributed by atoms with E-state index in [1.54, 1.807) is 6.92 Å². The smallest absolute Gasteiger partial charge is 0.129 e. The maximum absolute atomic E-state index is 10.6. The number of rotatable bonds is 5. The topological polar surface area (TPSA) is 43.1 Å². The van der Waals surface area contributed by atoms with Gasteiger partial charge in [-0.3, -0.25) is 0 Å². The van der Waals surface area contributed by atoms with Crippen molar-refractivity contribution in [3.05, 3.63) is 0 Å². The number of Topliss-reactive ketones (excluding diaryl/α,β-unsaturated/α-hetero) is 1. The number of ketones is 1. The van der Waals surface area contributed by atoms with Gasteiger partial charge in [0.15, 0.2) is 0 Å². The Morgan fingerprint density at radius 1 is 1.45 bits per heavy atom. The molecular formula is C9H19NO. The van der Waals surface area contributed by atoms with Crippen molar-refractivity contribution in [2.45, 2.75) is 52.0 Å². The Kier molecular flexibility index (Phi) is 4.34. The molecule has 2 heteroatoms. The minimum absolute atomic E-state index is 0.138. The molecule has 0 heterocycles. The minimum Gasteiger partial charge on any atom is -0.325 e. The lowest BCUT2D eigenvalue weighted by atomic mass is 9.91. The van der Waals surface area contributed by atoms with E-state index in [9.17, 15) is 4.79 Å². The number of nitrogens with two attached hydrogens (primary N) is 1. The van der Waals surface area contributed by atoms with Crippen molar-refractivity contribution in [1.29, 1.82) is 0 Å². The summed E-state index contributed by atoms with van der Waals surface area (Å²) < 4.78 is 0. The Hall–Kier alpha value is -0.370. The van der Waals surface area contributed by atoms with Gasteiger partial charge in [0.05, 0.1) is 0 Å². The van der Waals surface area contributed by atoms with Crippen LogP contribution in [0.1, 0.15) is 46.5 Å². The molecule has 0 aromatic heterocycles. The second kappa shape index (κ2) is 4.50. The maximum Gasteiger partial charge on any atom is 0.129 e. The largest absolute Gasteiger partial charge is 0.325 e. The molecule has 0 saturated heterocycles. The highest BCUT2D eigenvalue weighted by Gasteiger charge is 2.16. The standard InChI is InChI=1S/C9H19NO/c1-4-6-9(3,10)7-5-8(2)11/h4-7,10H2,1-3H3/t9-/m1/s1. The lowest BCUT2D eigenvalue weighted by Crippen LogP contribution is -2.36. The summed E-state index contributed by atoms with van der Waals surface area (Å²) in [6.45, 7) is 5.74. The Bertz CT molecular complexity index is 130. The van der Waals surface area contributed by atoms with Crippen LogP contribution in [0.2, 0.25) is 0 Å². The predicted molar refractivity (Wildman–Crippen MR) is 47.4 cm³/mol. The molecule has 1 atom stereocenters. The van der Waals surface area contributed by atoms with Gasteiger partial charge in [0.25, 0.3) is 0 Å². The van der Waals surface area contributed by atoms with Crippen molar-refractivity contribution in [3.8, 4) is 0 Å². The van der Waals surface area contributed by atoms with E-state index in [-0.39, 0.29) is 11.3 Å². The molecule has 0 aliphatic carbocycles. The van der Waals surface area contributed by atoms with Crippen LogP contribution in [-0.2, 0) is 4.79 Å². The zero-order valence-corrected chi connectivity index (χ0v) is 7.81. The van der Waals surface area contributed by atoms with Gasteiger partial charge in [-0.2, -0.15) is 0 Å². The first kappa shape index (κ1) is 10.6. The van der Waals surface area contributed by atoms with Gasteiger partial charge >= 0.3 is 0 Å². The molecule has 66 valence electrons. The average Bonchev–Trinajstić information content (AvgIpc) is 1.84. The molecule has 0 unspecified atom stereocenters. The van der Waals surface area contributed by atoms with Crippen molar-refractivity contribution in [3.63, 3.8) is 0 Å². The lowest BCUT2D eigenvalue weighted by molar-refractivity contribution is -0.117. The zero-order chi connectivity index (χ0) is 8.91. The molecule has 0 rings (SSSR count). The first-order valence-electron chi connectivity index (χ1n) is 4.26. The predicted octanol–water partition coefficient (Wildman–Crippen LogP) is 1.87. The van der Waals surface area contributed by atoms with Gasteiger partial charge in [0.2, 0.25) is 0 Å². The van der Waals surface area contributed by atoms with Crippen LogP contribution in [0.3, 0.4) is 0 Å². The Morgan fingerprint density at radius 2 is 2.00 bits per heavy atom. The van der Waals surface area contributed by atoms with Crippen molar-refractivity contribution in [1.82, 2.24) is 0 Å². The molecule has 0 aromatic carbocycles. The SMILES string of the molecule is CCC[C@@](C)(N)CCC(C)=O. The molecule has 0 bridgehead atoms. The number of carbonyl (C=O) groups excluding carboxylic acids is 1. The fourth-order valence-corrected chi connectivity index (χ4v) is 1.16. The van der Waals surface area contributed by atoms with Gasteiger partial charge in [-0.05, 0) is 26.7 Å². The van der Waals surface area contributed by atoms with E-state index in [0.717, 1.165) is 19.3 Å². The molecule has 0 spiro atoms. The third-order valence-corrected chi connectivity index (χ3v) is 1.87. The van der Waals surface area contributed by atoms with E-state index < -0.39 is 0 Å². The van der Waals surface area contributed by atoms with Crippen molar-refractivity contribution in [2.24, 2.45) is 5.73 Å². The van der Waals surface area contributed by atoms with E-state index >= 15 is 0 Å². The van der Waals surface area contributed by atoms with Crippen LogP contribution in [0.15, 0.2) is 0 Å². The third kappa shape index (κ3) is 6.05. The molecular weight excluding hydrogens is 138 g/mol. The van der Waals surface area contributed by atoms with E-state index in [2.05, 4.69) is 6.92 Å². The Balaban J connectivity index is 3.63. The summed E-state index contributed by atoms with van der Waals surface area (Å²) in [6, 6.07) is 0. The van der Waals surface area contributed by atoms with Gasteiger partial charge in [-0.25, -0.2) is 0 Å². The number of hydrogen-bond donors (Lipinski definition) is 1. The van der Waals surface area contributed by atoms with Crippen molar-refractivity contribution >= 4 is 5.78 Å². The number of carbonyl (C=O) groups is 1. The molecule has 0 aliphatic heterocycles. The molecule has 2 nitrogen and oxygen atoms in total. The van der Waals surface area contributed by atoms with E-state index in [1.165, 1.54) is 0 Å². The maximum atomic E-state index is 10.6. The second-order valence-corrected chi connectivity index (χ2v) is 3.61. The fraction of sp³-hybridized carbons (Fsp3) is 0.889. The van der Waals surface area contributed by atoms with Gasteiger partial charge in [0, 0.05) is 12.0 Å². The van der Waals surface area contributed by atoms with Crippen LogP contribution in [0.5, 0.6) is 0 Å². The van der Waals surface area contributed by atoms with Crippen LogP contribution < -0.4 is 5.73 Å². The van der Waals surface area contributed by atoms with E-state index in [4.69, 9.17) is 5.73 Å². The molecule has 0 saturated carbocycles. The molecule has 0 radical (unpaired) electrons. The molecule has 0 aromatic rings. The van der Waals surface area contributed by atoms with E-state index in [0.29, 0.717) is 6.42 Å². The monoisotopic (exact) mass is 157 g/mol. The highest BCUT2D eigenvalue weighted by atomic mass is 16.1. The summed E-state index contributed by atoms with van der Waals surface area (Å²) in [7, 11) is 0. The van der Waals surface area contributed by atoms with Crippen LogP contribution in [-0.4, -0.2) is 11.3 Å². The lowest BCUT2D eigenvalue weighted by Gasteiger charge is -2.23. The van der Waals surface area contributed by atoms with Crippen LogP contribution in [0, 0.1) is 0 Å². The van der Waals surface area contributed by atoms with Gasteiger partial charge < -0.3 is 10.5 Å². The fourth-order valence-electron chi connectivity index (χ4n) is 1.16. The van der Waals surface area contributed by atoms with Crippen LogP contribution >= 0.6 is 0 Å². The normalized spacial score (nSPS) is 16.0. The van der Waals surface area contributed by atoms with Gasteiger partial charge in [0.1, 0.15) is 5.78 Å². The van der Waals surface area contributed by atoms with Crippen LogP contribution in [0.25, 0.3) is 0 Å². The zero-order valence-electron chi connectivity index (χ0n) is 7.81. The summed E-state index contributed by atoms with van der Waals surface area (Å²) in [5.41, 5.74) is 5.78. The van der Waals surface area contributed by atoms with Crippen LogP contribution in [0.4, 0.5) is 0 Å². The highest BCUT2D eigenvalue weighted by molar-refractivity contribution is 5.75. The average molecular weight is 157 g/mol. The highest BCUT2D eigenvalue weighted by Crippen LogP contribution is 2.15. The van der Waals surface area contributed by atoms with Gasteiger partial charge in [-0.1, -0.05) is 13.3 Å². The Morgan fingerprint density at radius 3 is 2.36 bits per heavy atom. The second-order valence-electron chi connectivity index (χ2n) is 3.61. The quantitative estimate of drug-likeness (QED) is 0.662. The molecule has 0 amide bonds. The molecule has 11 heavy (non-hydrogen) atoms.